The maximum atomic E-state index is 12.2. The molecule has 1 heterocycles. The first-order valence-electron chi connectivity index (χ1n) is 5.85. The third kappa shape index (κ3) is 3.25. The Bertz CT molecular complexity index is 505. The highest BCUT2D eigenvalue weighted by Gasteiger charge is 2.27. The van der Waals surface area contributed by atoms with Crippen LogP contribution >= 0.6 is 23.5 Å². The van der Waals surface area contributed by atoms with Crippen LogP contribution in [0.15, 0.2) is 23.1 Å². The van der Waals surface area contributed by atoms with E-state index in [4.69, 9.17) is 4.74 Å². The van der Waals surface area contributed by atoms with E-state index in [1.807, 2.05) is 18.4 Å². The average Bonchev–Trinajstić information content (AvgIpc) is 2.83. The molecule has 4 nitrogen and oxygen atoms in total. The van der Waals surface area contributed by atoms with E-state index < -0.39 is 0 Å². The van der Waals surface area contributed by atoms with Crippen molar-refractivity contribution in [3.05, 3.63) is 23.8 Å². The molecule has 1 aliphatic rings. The number of benzene rings is 1. The summed E-state index contributed by atoms with van der Waals surface area (Å²) in [6.07, 6.45) is 2.66. The van der Waals surface area contributed by atoms with Gasteiger partial charge in [0.15, 0.2) is 0 Å². The van der Waals surface area contributed by atoms with Crippen LogP contribution in [-0.4, -0.2) is 36.2 Å². The summed E-state index contributed by atoms with van der Waals surface area (Å²) in [6.45, 7) is 0. The normalized spacial score (nSPS) is 18.4. The molecule has 0 radical (unpaired) electrons. The van der Waals surface area contributed by atoms with Crippen molar-refractivity contribution in [2.45, 2.75) is 17.4 Å². The summed E-state index contributed by atoms with van der Waals surface area (Å²) in [7, 11) is 1.53. The van der Waals surface area contributed by atoms with Crippen LogP contribution in [0, 0.1) is 0 Å². The van der Waals surface area contributed by atoms with Crippen LogP contribution in [-0.2, 0) is 4.79 Å². The van der Waals surface area contributed by atoms with Crippen molar-refractivity contribution in [1.82, 2.24) is 5.32 Å². The number of hydrogen-bond acceptors (Lipinski definition) is 5. The van der Waals surface area contributed by atoms with Gasteiger partial charge in [-0.05, 0) is 30.9 Å². The predicted molar refractivity (Wildman–Crippen MR) is 78.1 cm³/mol. The lowest BCUT2D eigenvalue weighted by molar-refractivity contribution is -0.112. The molecule has 0 aliphatic carbocycles. The fraction of sp³-hybridized carbons (Fsp3) is 0.385. The van der Waals surface area contributed by atoms with E-state index in [1.54, 1.807) is 17.8 Å². The van der Waals surface area contributed by atoms with Gasteiger partial charge >= 0.3 is 0 Å². The van der Waals surface area contributed by atoms with Crippen molar-refractivity contribution in [3.8, 4) is 5.75 Å². The second-order valence-corrected chi connectivity index (χ2v) is 6.03. The Morgan fingerprint density at radius 3 is 2.89 bits per heavy atom. The number of nitrogens with one attached hydrogen (secondary N) is 1. The lowest BCUT2D eigenvalue weighted by Gasteiger charge is -2.13. The average molecular weight is 297 g/mol. The van der Waals surface area contributed by atoms with E-state index >= 15 is 0 Å². The van der Waals surface area contributed by atoms with Crippen molar-refractivity contribution in [2.75, 3.05) is 19.1 Å². The number of rotatable bonds is 4. The molecule has 0 spiro atoms. The Balaban J connectivity index is 2.16. The zero-order chi connectivity index (χ0) is 13.8. The van der Waals surface area contributed by atoms with Crippen molar-refractivity contribution >= 4 is 34.5 Å². The first-order chi connectivity index (χ1) is 9.15. The first kappa shape index (κ1) is 14.3. The maximum Gasteiger partial charge on any atom is 0.255 e. The molecule has 1 amide bonds. The van der Waals surface area contributed by atoms with Gasteiger partial charge in [-0.15, -0.1) is 11.8 Å². The summed E-state index contributed by atoms with van der Waals surface area (Å²) in [5.74, 6) is 1.04. The van der Waals surface area contributed by atoms with Crippen molar-refractivity contribution < 1.29 is 14.3 Å². The van der Waals surface area contributed by atoms with Gasteiger partial charge in [0.1, 0.15) is 5.75 Å². The SMILES string of the molecule is COc1cc(SC)ccc1C(=O)N[C@H]1CCSC1=O. The molecule has 1 aromatic carbocycles. The zero-order valence-electron chi connectivity index (χ0n) is 10.8. The van der Waals surface area contributed by atoms with E-state index in [0.717, 1.165) is 10.6 Å². The minimum absolute atomic E-state index is 0.0352. The molecular weight excluding hydrogens is 282 g/mol. The summed E-state index contributed by atoms with van der Waals surface area (Å²) >= 11 is 2.85. The molecule has 0 aromatic heterocycles. The van der Waals surface area contributed by atoms with Gasteiger partial charge in [0, 0.05) is 10.6 Å². The standard InChI is InChI=1S/C13H15NO3S2/c1-17-11-7-8(18-2)3-4-9(11)12(15)14-10-5-6-19-13(10)16/h3-4,7,10H,5-6H2,1-2H3,(H,14,15)/t10-/m0/s1. The molecule has 0 saturated carbocycles. The summed E-state index contributed by atoms with van der Waals surface area (Å²) < 4.78 is 5.24. The topological polar surface area (TPSA) is 55.4 Å². The Morgan fingerprint density at radius 1 is 1.53 bits per heavy atom. The van der Waals surface area contributed by atoms with Crippen LogP contribution in [0.3, 0.4) is 0 Å². The maximum absolute atomic E-state index is 12.2. The van der Waals surface area contributed by atoms with E-state index in [2.05, 4.69) is 5.32 Å². The zero-order valence-corrected chi connectivity index (χ0v) is 12.4. The van der Waals surface area contributed by atoms with Crippen LogP contribution in [0.2, 0.25) is 0 Å². The van der Waals surface area contributed by atoms with Crippen LogP contribution in [0.5, 0.6) is 5.75 Å². The molecule has 0 unspecified atom stereocenters. The quantitative estimate of drug-likeness (QED) is 0.863. The largest absolute Gasteiger partial charge is 0.496 e. The van der Waals surface area contributed by atoms with E-state index in [0.29, 0.717) is 17.7 Å². The summed E-state index contributed by atoms with van der Waals surface area (Å²) in [6, 6.07) is 5.05. The Kier molecular flexibility index (Phi) is 4.76. The number of thioether (sulfide) groups is 2. The first-order valence-corrected chi connectivity index (χ1v) is 8.06. The highest BCUT2D eigenvalue weighted by molar-refractivity contribution is 8.14. The number of hydrogen-bond donors (Lipinski definition) is 1. The summed E-state index contributed by atoms with van der Waals surface area (Å²) in [5, 5.41) is 2.80. The lowest BCUT2D eigenvalue weighted by Crippen LogP contribution is -2.37. The molecule has 1 atom stereocenters. The van der Waals surface area contributed by atoms with Gasteiger partial charge < -0.3 is 10.1 Å². The van der Waals surface area contributed by atoms with Gasteiger partial charge in [0.2, 0.25) is 5.12 Å². The van der Waals surface area contributed by atoms with Gasteiger partial charge in [-0.3, -0.25) is 9.59 Å². The molecule has 19 heavy (non-hydrogen) atoms. The van der Waals surface area contributed by atoms with E-state index in [-0.39, 0.29) is 17.1 Å². The minimum atomic E-state index is -0.373. The molecule has 1 N–H and O–H groups in total. The second kappa shape index (κ2) is 6.34. The van der Waals surface area contributed by atoms with Gasteiger partial charge in [0.25, 0.3) is 5.91 Å². The fourth-order valence-corrected chi connectivity index (χ4v) is 3.21. The number of carbonyl (C=O) groups is 2. The number of carbonyl (C=O) groups excluding carboxylic acids is 2. The molecule has 1 aliphatic heterocycles. The molecule has 2 rings (SSSR count). The fourth-order valence-electron chi connectivity index (χ4n) is 1.85. The molecule has 6 heteroatoms. The molecule has 0 bridgehead atoms. The Morgan fingerprint density at radius 2 is 2.32 bits per heavy atom. The van der Waals surface area contributed by atoms with Crippen LogP contribution < -0.4 is 10.1 Å². The van der Waals surface area contributed by atoms with Gasteiger partial charge in [-0.1, -0.05) is 11.8 Å². The highest BCUT2D eigenvalue weighted by atomic mass is 32.2. The van der Waals surface area contributed by atoms with Crippen LogP contribution in [0.25, 0.3) is 0 Å². The van der Waals surface area contributed by atoms with E-state index in [1.165, 1.54) is 18.9 Å². The Labute approximate surface area is 120 Å². The molecular formula is C13H15NO3S2. The van der Waals surface area contributed by atoms with Crippen molar-refractivity contribution in [1.29, 1.82) is 0 Å². The lowest BCUT2D eigenvalue weighted by atomic mass is 10.1. The summed E-state index contributed by atoms with van der Waals surface area (Å²) in [4.78, 5) is 24.7. The Hall–Kier alpha value is -1.14. The summed E-state index contributed by atoms with van der Waals surface area (Å²) in [5.41, 5.74) is 0.463. The third-order valence-corrected chi connectivity index (χ3v) is 4.63. The third-order valence-electron chi connectivity index (χ3n) is 2.89. The minimum Gasteiger partial charge on any atom is -0.496 e. The number of methoxy groups -OCH3 is 1. The number of ether oxygens (including phenoxy) is 1. The molecule has 1 fully saturated rings. The van der Waals surface area contributed by atoms with Crippen LogP contribution in [0.4, 0.5) is 0 Å². The van der Waals surface area contributed by atoms with E-state index in [9.17, 15) is 9.59 Å². The van der Waals surface area contributed by atoms with Gasteiger partial charge in [-0.2, -0.15) is 0 Å². The highest BCUT2D eigenvalue weighted by Crippen LogP contribution is 2.26. The second-order valence-electron chi connectivity index (χ2n) is 4.05. The smallest absolute Gasteiger partial charge is 0.255 e. The van der Waals surface area contributed by atoms with Crippen molar-refractivity contribution in [2.24, 2.45) is 0 Å². The molecule has 102 valence electrons. The molecule has 1 saturated heterocycles. The van der Waals surface area contributed by atoms with Gasteiger partial charge in [0.05, 0.1) is 18.7 Å². The van der Waals surface area contributed by atoms with Crippen LogP contribution in [0.1, 0.15) is 16.8 Å². The molecule has 1 aromatic rings. The number of amides is 1. The van der Waals surface area contributed by atoms with Gasteiger partial charge in [-0.25, -0.2) is 0 Å². The van der Waals surface area contributed by atoms with Crippen molar-refractivity contribution in [3.63, 3.8) is 0 Å². The monoisotopic (exact) mass is 297 g/mol. The predicted octanol–water partition coefficient (Wildman–Crippen LogP) is 2.18.